The number of amides is 3. The Morgan fingerprint density at radius 3 is 2.42 bits per heavy atom. The monoisotopic (exact) mass is 560 g/mol. The van der Waals surface area contributed by atoms with Gasteiger partial charge in [0.15, 0.2) is 16.6 Å². The Labute approximate surface area is 236 Å². The zero-order valence-corrected chi connectivity index (χ0v) is 23.8. The summed E-state index contributed by atoms with van der Waals surface area (Å²) in [5, 5.41) is 0.523. The standard InChI is InChI=1S/C28H32N8O3S/c1-5-36(25(29)37)26-33-22-15-18(14-20(23(22)40-26)21-8-6-7-9-30-21)19-16-31-24(32-17-19)28(2,3)39-27(38)35-12-10-34(4)11-13-35/h6-9,14-17H,5,10-13H2,1-4H3,(H2,29,37). The van der Waals surface area contributed by atoms with Gasteiger partial charge in [-0.25, -0.2) is 24.5 Å². The number of hydrogen-bond donors (Lipinski definition) is 1. The fraction of sp³-hybridized carbons (Fsp3) is 0.357. The molecule has 0 spiro atoms. The average molecular weight is 561 g/mol. The zero-order valence-electron chi connectivity index (χ0n) is 23.0. The predicted octanol–water partition coefficient (Wildman–Crippen LogP) is 4.34. The molecule has 0 atom stereocenters. The summed E-state index contributed by atoms with van der Waals surface area (Å²) in [6.07, 6.45) is 4.80. The van der Waals surface area contributed by atoms with Crippen LogP contribution in [-0.4, -0.2) is 81.6 Å². The van der Waals surface area contributed by atoms with E-state index in [1.54, 1.807) is 37.3 Å². The predicted molar refractivity (Wildman–Crippen MR) is 155 cm³/mol. The van der Waals surface area contributed by atoms with Gasteiger partial charge in [0.05, 0.1) is 15.9 Å². The van der Waals surface area contributed by atoms with E-state index in [0.29, 0.717) is 36.1 Å². The lowest BCUT2D eigenvalue weighted by Gasteiger charge is -2.34. The normalized spacial score (nSPS) is 14.3. The second-order valence-corrected chi connectivity index (χ2v) is 11.1. The van der Waals surface area contributed by atoms with E-state index >= 15 is 0 Å². The van der Waals surface area contributed by atoms with E-state index in [-0.39, 0.29) is 6.09 Å². The van der Waals surface area contributed by atoms with Gasteiger partial charge >= 0.3 is 12.1 Å². The number of pyridine rings is 1. The molecule has 0 saturated carbocycles. The van der Waals surface area contributed by atoms with Crippen molar-refractivity contribution in [1.29, 1.82) is 0 Å². The lowest BCUT2D eigenvalue weighted by atomic mass is 10.0. The molecule has 1 saturated heterocycles. The first kappa shape index (κ1) is 27.4. The maximum Gasteiger partial charge on any atom is 0.410 e. The van der Waals surface area contributed by atoms with Crippen LogP contribution in [0.4, 0.5) is 14.7 Å². The summed E-state index contributed by atoms with van der Waals surface area (Å²) in [5.41, 5.74) is 8.55. The molecule has 1 aliphatic rings. The maximum absolute atomic E-state index is 12.8. The number of nitrogens with two attached hydrogens (primary N) is 1. The van der Waals surface area contributed by atoms with E-state index in [2.05, 4.69) is 19.9 Å². The highest BCUT2D eigenvalue weighted by Crippen LogP contribution is 2.39. The molecule has 40 heavy (non-hydrogen) atoms. The SMILES string of the molecule is CCN(C(N)=O)c1nc2cc(-c3cnc(C(C)(C)OC(=O)N4CCN(C)CC4)nc3)cc(-c3ccccn3)c2s1. The number of fused-ring (bicyclic) bond motifs is 1. The first-order chi connectivity index (χ1) is 19.2. The summed E-state index contributed by atoms with van der Waals surface area (Å²) >= 11 is 1.39. The molecule has 0 unspecified atom stereocenters. The van der Waals surface area contributed by atoms with Crippen LogP contribution in [0.15, 0.2) is 48.9 Å². The van der Waals surface area contributed by atoms with Gasteiger partial charge < -0.3 is 20.3 Å². The third-order valence-corrected chi connectivity index (χ3v) is 7.99. The third-order valence-electron chi connectivity index (χ3n) is 6.86. The molecule has 2 N–H and O–H groups in total. The van der Waals surface area contributed by atoms with E-state index in [0.717, 1.165) is 40.2 Å². The van der Waals surface area contributed by atoms with Crippen LogP contribution in [0.1, 0.15) is 26.6 Å². The van der Waals surface area contributed by atoms with Crippen LogP contribution in [0, 0.1) is 0 Å². The summed E-state index contributed by atoms with van der Waals surface area (Å²) in [7, 11) is 2.04. The van der Waals surface area contributed by atoms with Gasteiger partial charge in [-0.05, 0) is 57.6 Å². The largest absolute Gasteiger partial charge is 0.435 e. The summed E-state index contributed by atoms with van der Waals surface area (Å²) < 4.78 is 6.71. The number of piperazine rings is 1. The van der Waals surface area contributed by atoms with Crippen molar-refractivity contribution in [2.75, 3.05) is 44.7 Å². The molecule has 1 aromatic carbocycles. The number of ether oxygens (including phenoxy) is 1. The summed E-state index contributed by atoms with van der Waals surface area (Å²) in [4.78, 5) is 48.5. The molecule has 4 heterocycles. The number of aromatic nitrogens is 4. The first-order valence-corrected chi connectivity index (χ1v) is 13.9. The van der Waals surface area contributed by atoms with Gasteiger partial charge in [0.1, 0.15) is 0 Å². The Hall–Kier alpha value is -4.16. The highest BCUT2D eigenvalue weighted by Gasteiger charge is 2.32. The first-order valence-electron chi connectivity index (χ1n) is 13.1. The number of benzene rings is 1. The smallest absolute Gasteiger partial charge is 0.410 e. The number of hydrogen-bond acceptors (Lipinski definition) is 9. The lowest BCUT2D eigenvalue weighted by Crippen LogP contribution is -2.48. The van der Waals surface area contributed by atoms with Crippen molar-refractivity contribution in [2.24, 2.45) is 5.73 Å². The fourth-order valence-corrected chi connectivity index (χ4v) is 5.64. The Morgan fingerprint density at radius 2 is 1.80 bits per heavy atom. The average Bonchev–Trinajstić information content (AvgIpc) is 3.37. The molecule has 5 rings (SSSR count). The molecule has 4 aromatic rings. The molecule has 3 amide bonds. The number of carbonyl (C=O) groups excluding carboxylic acids is 2. The number of carbonyl (C=O) groups is 2. The van der Waals surface area contributed by atoms with E-state index in [9.17, 15) is 9.59 Å². The van der Waals surface area contributed by atoms with Crippen LogP contribution >= 0.6 is 11.3 Å². The van der Waals surface area contributed by atoms with Gasteiger partial charge in [-0.2, -0.15) is 0 Å². The van der Waals surface area contributed by atoms with Gasteiger partial charge in [-0.3, -0.25) is 9.88 Å². The Kier molecular flexibility index (Phi) is 7.63. The van der Waals surface area contributed by atoms with Crippen molar-refractivity contribution in [3.05, 3.63) is 54.7 Å². The van der Waals surface area contributed by atoms with Gasteiger partial charge in [-0.1, -0.05) is 17.4 Å². The molecule has 208 valence electrons. The van der Waals surface area contributed by atoms with Crippen molar-refractivity contribution in [1.82, 2.24) is 29.7 Å². The van der Waals surface area contributed by atoms with Gasteiger partial charge in [0.2, 0.25) is 0 Å². The number of anilines is 1. The van der Waals surface area contributed by atoms with Crippen molar-refractivity contribution in [3.8, 4) is 22.4 Å². The quantitative estimate of drug-likeness (QED) is 0.369. The van der Waals surface area contributed by atoms with Crippen molar-refractivity contribution >= 4 is 38.8 Å². The number of primary amides is 1. The van der Waals surface area contributed by atoms with E-state index in [4.69, 9.17) is 15.5 Å². The zero-order chi connectivity index (χ0) is 28.4. The molecule has 0 aliphatic carbocycles. The second-order valence-electron chi connectivity index (χ2n) is 10.1. The van der Waals surface area contributed by atoms with Crippen LogP contribution in [0.25, 0.3) is 32.6 Å². The van der Waals surface area contributed by atoms with E-state index < -0.39 is 11.6 Å². The number of nitrogens with zero attached hydrogens (tertiary/aromatic N) is 7. The molecular formula is C28H32N8O3S. The molecule has 0 bridgehead atoms. The van der Waals surface area contributed by atoms with Gasteiger partial charge in [0.25, 0.3) is 0 Å². The molecule has 0 radical (unpaired) electrons. The highest BCUT2D eigenvalue weighted by atomic mass is 32.1. The number of thiazole rings is 1. The Balaban J connectivity index is 1.46. The molecule has 1 aliphatic heterocycles. The van der Waals surface area contributed by atoms with Crippen LogP contribution in [0.3, 0.4) is 0 Å². The fourth-order valence-electron chi connectivity index (χ4n) is 4.51. The topological polar surface area (TPSA) is 131 Å². The van der Waals surface area contributed by atoms with Crippen LogP contribution < -0.4 is 10.6 Å². The van der Waals surface area contributed by atoms with Gasteiger partial charge in [-0.15, -0.1) is 0 Å². The highest BCUT2D eigenvalue weighted by molar-refractivity contribution is 7.23. The summed E-state index contributed by atoms with van der Waals surface area (Å²) in [5.74, 6) is 0.403. The maximum atomic E-state index is 12.8. The van der Waals surface area contributed by atoms with Crippen LogP contribution in [-0.2, 0) is 10.3 Å². The molecule has 3 aromatic heterocycles. The van der Waals surface area contributed by atoms with Crippen molar-refractivity contribution in [2.45, 2.75) is 26.4 Å². The minimum absolute atomic E-state index is 0.368. The minimum atomic E-state index is -1.01. The molecule has 1 fully saturated rings. The number of likely N-dealkylation sites (N-methyl/N-ethyl adjacent to an activating group) is 1. The van der Waals surface area contributed by atoms with Crippen molar-refractivity contribution < 1.29 is 14.3 Å². The summed E-state index contributed by atoms with van der Waals surface area (Å²) in [6, 6.07) is 9.12. The Bertz CT molecular complexity index is 1520. The van der Waals surface area contributed by atoms with Crippen LogP contribution in [0.5, 0.6) is 0 Å². The third kappa shape index (κ3) is 5.58. The van der Waals surface area contributed by atoms with E-state index in [1.165, 1.54) is 16.2 Å². The lowest BCUT2D eigenvalue weighted by molar-refractivity contribution is -0.00148. The Morgan fingerprint density at radius 1 is 1.07 bits per heavy atom. The number of urea groups is 1. The molecule has 12 heteroatoms. The summed E-state index contributed by atoms with van der Waals surface area (Å²) in [6.45, 7) is 8.71. The number of rotatable bonds is 6. The minimum Gasteiger partial charge on any atom is -0.435 e. The van der Waals surface area contributed by atoms with Crippen molar-refractivity contribution in [3.63, 3.8) is 0 Å². The second kappa shape index (κ2) is 11.1. The molecular weight excluding hydrogens is 528 g/mol. The van der Waals surface area contributed by atoms with E-state index in [1.807, 2.05) is 44.3 Å². The molecule has 11 nitrogen and oxygen atoms in total. The van der Waals surface area contributed by atoms with Crippen LogP contribution in [0.2, 0.25) is 0 Å². The van der Waals surface area contributed by atoms with Gasteiger partial charge in [0, 0.05) is 62.4 Å².